The van der Waals surface area contributed by atoms with Crippen molar-refractivity contribution in [1.82, 2.24) is 0 Å². The van der Waals surface area contributed by atoms with E-state index in [-0.39, 0.29) is 25.2 Å². The summed E-state index contributed by atoms with van der Waals surface area (Å²) in [6.45, 7) is 14.5. The van der Waals surface area contributed by atoms with Crippen molar-refractivity contribution in [2.24, 2.45) is 0 Å². The lowest BCUT2D eigenvalue weighted by molar-refractivity contribution is -0.146. The average molecular weight is 881 g/mol. The van der Waals surface area contributed by atoms with Crippen molar-refractivity contribution in [2.75, 3.05) is 145 Å². The maximum atomic E-state index is 11.9. The summed E-state index contributed by atoms with van der Waals surface area (Å²) < 4.78 is 65.4. The Labute approximate surface area is 371 Å². The van der Waals surface area contributed by atoms with Gasteiger partial charge in [-0.1, -0.05) is 123 Å². The van der Waals surface area contributed by atoms with Gasteiger partial charge in [-0.15, -0.1) is 0 Å². The molecule has 364 valence electrons. The summed E-state index contributed by atoms with van der Waals surface area (Å²) in [7, 11) is 0. The van der Waals surface area contributed by atoms with Gasteiger partial charge in [-0.05, 0) is 12.8 Å². The van der Waals surface area contributed by atoms with Gasteiger partial charge in [-0.2, -0.15) is 0 Å². The summed E-state index contributed by atoms with van der Waals surface area (Å²) >= 11 is 0. The van der Waals surface area contributed by atoms with Gasteiger partial charge in [-0.25, -0.2) is 0 Å². The molecule has 0 bridgehead atoms. The molecule has 0 N–H and O–H groups in total. The molecule has 0 fully saturated rings. The van der Waals surface area contributed by atoms with Crippen LogP contribution in [0.15, 0.2) is 0 Å². The highest BCUT2D eigenvalue weighted by molar-refractivity contribution is 5.69. The first-order valence-electron chi connectivity index (χ1n) is 24.3. The Kier molecular flexibility index (Phi) is 53.4. The summed E-state index contributed by atoms with van der Waals surface area (Å²) in [5, 5.41) is 0. The van der Waals surface area contributed by atoms with Gasteiger partial charge < -0.3 is 56.8 Å². The van der Waals surface area contributed by atoms with Crippen molar-refractivity contribution in [3.05, 3.63) is 0 Å². The van der Waals surface area contributed by atoms with Crippen LogP contribution in [0.3, 0.4) is 0 Å². The molecule has 0 aromatic rings. The van der Waals surface area contributed by atoms with Gasteiger partial charge in [0.2, 0.25) is 0 Å². The minimum absolute atomic E-state index is 0.134. The molecule has 0 amide bonds. The van der Waals surface area contributed by atoms with Crippen molar-refractivity contribution >= 4 is 11.9 Å². The first-order valence-corrected chi connectivity index (χ1v) is 24.3. The predicted molar refractivity (Wildman–Crippen MR) is 238 cm³/mol. The Morgan fingerprint density at radius 1 is 0.230 bits per heavy atom. The van der Waals surface area contributed by atoms with Gasteiger partial charge in [0.05, 0.1) is 132 Å². The van der Waals surface area contributed by atoms with Crippen LogP contribution in [0, 0.1) is 0 Å². The first-order chi connectivity index (χ1) is 30.2. The van der Waals surface area contributed by atoms with Gasteiger partial charge in [0, 0.05) is 12.8 Å². The standard InChI is InChI=1S/C47H92O14/c1-3-5-7-9-11-12-13-14-15-16-17-19-21-23-47(49)61-45-43-59-41-39-57-37-35-55-33-31-53-29-27-51-25-24-50-26-28-52-30-32-54-34-36-56-38-40-58-42-44-60-46(48)22-20-18-10-8-6-4-2/h3-45H2,1-2H3. The molecule has 0 rings (SSSR count). The normalized spacial score (nSPS) is 11.4. The monoisotopic (exact) mass is 881 g/mol. The second-order valence-electron chi connectivity index (χ2n) is 15.1. The average Bonchev–Trinajstić information content (AvgIpc) is 3.26. The molecule has 14 nitrogen and oxygen atoms in total. The van der Waals surface area contributed by atoms with Crippen LogP contribution in [0.2, 0.25) is 0 Å². The molecule has 0 saturated heterocycles. The molecule has 0 aliphatic carbocycles. The molecule has 0 radical (unpaired) electrons. The molecular weight excluding hydrogens is 789 g/mol. The highest BCUT2D eigenvalue weighted by Crippen LogP contribution is 2.13. The highest BCUT2D eigenvalue weighted by atomic mass is 16.6. The Bertz CT molecular complexity index is 852. The van der Waals surface area contributed by atoms with E-state index < -0.39 is 0 Å². The van der Waals surface area contributed by atoms with E-state index in [1.165, 1.54) is 96.3 Å². The van der Waals surface area contributed by atoms with Crippen molar-refractivity contribution in [3.63, 3.8) is 0 Å². The fourth-order valence-electron chi connectivity index (χ4n) is 5.99. The summed E-state index contributed by atoms with van der Waals surface area (Å²) in [6, 6.07) is 0. The topological polar surface area (TPSA) is 145 Å². The minimum atomic E-state index is -0.145. The number of hydrogen-bond acceptors (Lipinski definition) is 14. The van der Waals surface area contributed by atoms with E-state index in [0.29, 0.717) is 145 Å². The van der Waals surface area contributed by atoms with Crippen molar-refractivity contribution < 1.29 is 66.4 Å². The van der Waals surface area contributed by atoms with Gasteiger partial charge in [-0.3, -0.25) is 9.59 Å². The minimum Gasteiger partial charge on any atom is -0.463 e. The molecule has 0 aromatic carbocycles. The van der Waals surface area contributed by atoms with Crippen LogP contribution < -0.4 is 0 Å². The van der Waals surface area contributed by atoms with Crippen LogP contribution in [0.4, 0.5) is 0 Å². The van der Waals surface area contributed by atoms with Crippen molar-refractivity contribution in [2.45, 2.75) is 149 Å². The summed E-state index contributed by atoms with van der Waals surface area (Å²) in [4.78, 5) is 23.6. The van der Waals surface area contributed by atoms with Crippen LogP contribution in [-0.2, 0) is 66.4 Å². The number of hydrogen-bond donors (Lipinski definition) is 0. The molecule has 0 heterocycles. The quantitative estimate of drug-likeness (QED) is 0.0425. The second-order valence-corrected chi connectivity index (χ2v) is 15.1. The maximum Gasteiger partial charge on any atom is 0.305 e. The molecule has 14 heteroatoms. The number of carbonyl (C=O) groups excluding carboxylic acids is 2. The highest BCUT2D eigenvalue weighted by Gasteiger charge is 2.04. The Morgan fingerprint density at radius 3 is 0.590 bits per heavy atom. The van der Waals surface area contributed by atoms with Gasteiger partial charge in [0.1, 0.15) is 13.2 Å². The predicted octanol–water partition coefficient (Wildman–Crippen LogP) is 8.47. The van der Waals surface area contributed by atoms with E-state index in [1.807, 2.05) is 0 Å². The van der Waals surface area contributed by atoms with Gasteiger partial charge in [0.25, 0.3) is 0 Å². The zero-order chi connectivity index (χ0) is 44.0. The summed E-state index contributed by atoms with van der Waals surface area (Å²) in [5.74, 6) is -0.280. The number of rotatable bonds is 54. The zero-order valence-electron chi connectivity index (χ0n) is 39.1. The van der Waals surface area contributed by atoms with Gasteiger partial charge >= 0.3 is 11.9 Å². The maximum absolute atomic E-state index is 11.9. The molecule has 0 unspecified atom stereocenters. The van der Waals surface area contributed by atoms with Gasteiger partial charge in [0.15, 0.2) is 0 Å². The van der Waals surface area contributed by atoms with E-state index in [0.717, 1.165) is 25.7 Å². The number of esters is 2. The Morgan fingerprint density at radius 2 is 0.393 bits per heavy atom. The zero-order valence-corrected chi connectivity index (χ0v) is 39.1. The summed E-state index contributed by atoms with van der Waals surface area (Å²) in [6.07, 6.45) is 24.7. The van der Waals surface area contributed by atoms with Crippen LogP contribution in [-0.4, -0.2) is 157 Å². The molecule has 0 aromatic heterocycles. The fraction of sp³-hybridized carbons (Fsp3) is 0.957. The number of carbonyl (C=O) groups is 2. The fourth-order valence-corrected chi connectivity index (χ4v) is 5.99. The van der Waals surface area contributed by atoms with Crippen LogP contribution in [0.5, 0.6) is 0 Å². The molecule has 0 aliphatic rings. The second kappa shape index (κ2) is 54.7. The van der Waals surface area contributed by atoms with Crippen molar-refractivity contribution in [3.8, 4) is 0 Å². The lowest BCUT2D eigenvalue weighted by Gasteiger charge is -2.09. The molecular formula is C47H92O14. The third-order valence-corrected chi connectivity index (χ3v) is 9.55. The number of unbranched alkanes of at least 4 members (excludes halogenated alkanes) is 17. The molecule has 0 saturated carbocycles. The van der Waals surface area contributed by atoms with Crippen molar-refractivity contribution in [1.29, 1.82) is 0 Å². The molecule has 0 spiro atoms. The van der Waals surface area contributed by atoms with Crippen LogP contribution in [0.25, 0.3) is 0 Å². The lowest BCUT2D eigenvalue weighted by atomic mass is 10.0. The van der Waals surface area contributed by atoms with Crippen LogP contribution in [0.1, 0.15) is 149 Å². The third-order valence-electron chi connectivity index (χ3n) is 9.55. The lowest BCUT2D eigenvalue weighted by Crippen LogP contribution is -2.16. The van der Waals surface area contributed by atoms with E-state index in [1.54, 1.807) is 0 Å². The largest absolute Gasteiger partial charge is 0.463 e. The molecule has 0 atom stereocenters. The molecule has 61 heavy (non-hydrogen) atoms. The SMILES string of the molecule is CCCCCCCCCCCCCCCC(=O)OCCOCCOCCOCCOCCOCCOCCOCCOCCOCCOCCOC(=O)CCCCCCCC. The summed E-state index contributed by atoms with van der Waals surface area (Å²) in [5.41, 5.74) is 0. The first kappa shape index (κ1) is 59.5. The smallest absolute Gasteiger partial charge is 0.305 e. The Hall–Kier alpha value is -1.46. The van der Waals surface area contributed by atoms with E-state index in [2.05, 4.69) is 13.8 Å². The third kappa shape index (κ3) is 54.6. The Balaban J connectivity index is 3.15. The van der Waals surface area contributed by atoms with E-state index in [9.17, 15) is 9.59 Å². The van der Waals surface area contributed by atoms with E-state index in [4.69, 9.17) is 56.8 Å². The van der Waals surface area contributed by atoms with Crippen LogP contribution >= 0.6 is 0 Å². The van der Waals surface area contributed by atoms with E-state index >= 15 is 0 Å². The molecule has 0 aliphatic heterocycles. The number of ether oxygens (including phenoxy) is 12.